The third-order valence-electron chi connectivity index (χ3n) is 1.53. The van der Waals surface area contributed by atoms with Crippen molar-refractivity contribution in [2.45, 2.75) is 25.0 Å². The predicted octanol–water partition coefficient (Wildman–Crippen LogP) is 1.73. The van der Waals surface area contributed by atoms with Gasteiger partial charge in [-0.05, 0) is 12.3 Å². The topological polar surface area (TPSA) is 9.23 Å². The van der Waals surface area contributed by atoms with Crippen LogP contribution in [0.4, 0.5) is 0 Å². The fraction of sp³-hybridized carbons (Fsp3) is 1.00. The van der Waals surface area contributed by atoms with E-state index in [9.17, 15) is 0 Å². The number of hydrogen-bond acceptors (Lipinski definition) is 2. The first-order valence-electron chi connectivity index (χ1n) is 3.42. The molecule has 1 nitrogen and oxygen atoms in total. The molecular formula is C7H14OS. The highest BCUT2D eigenvalue weighted by atomic mass is 32.1. The molecule has 2 heteroatoms. The molecule has 1 saturated heterocycles. The lowest BCUT2D eigenvalue weighted by Gasteiger charge is -2.38. The first-order chi connectivity index (χ1) is 4.12. The summed E-state index contributed by atoms with van der Waals surface area (Å²) in [6.07, 6.45) is 1.18. The molecule has 0 radical (unpaired) electrons. The molecule has 0 aromatic carbocycles. The molecule has 1 heterocycles. The average Bonchev–Trinajstić information content (AvgIpc) is 1.60. The normalized spacial score (nSPS) is 24.0. The summed E-state index contributed by atoms with van der Waals surface area (Å²) in [5, 5.41) is 0. The zero-order valence-electron chi connectivity index (χ0n) is 6.05. The maximum absolute atomic E-state index is 5.06. The number of thiol groups is 1. The third kappa shape index (κ3) is 1.87. The molecule has 0 aromatic heterocycles. The van der Waals surface area contributed by atoms with Crippen molar-refractivity contribution < 1.29 is 4.74 Å². The zero-order chi connectivity index (χ0) is 6.91. The van der Waals surface area contributed by atoms with Crippen LogP contribution < -0.4 is 0 Å². The molecular weight excluding hydrogens is 132 g/mol. The molecule has 0 saturated carbocycles. The predicted molar refractivity (Wildman–Crippen MR) is 42.0 cm³/mol. The molecule has 0 aromatic rings. The summed E-state index contributed by atoms with van der Waals surface area (Å²) in [5.74, 6) is 0.742. The quantitative estimate of drug-likeness (QED) is 0.584. The van der Waals surface area contributed by atoms with E-state index in [-0.39, 0.29) is 4.75 Å². The molecule has 0 spiro atoms. The van der Waals surface area contributed by atoms with E-state index in [0.717, 1.165) is 19.1 Å². The van der Waals surface area contributed by atoms with Gasteiger partial charge in [0.15, 0.2) is 0 Å². The van der Waals surface area contributed by atoms with Crippen molar-refractivity contribution in [2.75, 3.05) is 13.2 Å². The number of rotatable bonds is 2. The van der Waals surface area contributed by atoms with Gasteiger partial charge in [0.1, 0.15) is 0 Å². The summed E-state index contributed by atoms with van der Waals surface area (Å²) in [5.41, 5.74) is 0. The molecule has 1 fully saturated rings. The minimum atomic E-state index is 0.216. The van der Waals surface area contributed by atoms with Gasteiger partial charge in [0, 0.05) is 0 Å². The van der Waals surface area contributed by atoms with Gasteiger partial charge in [-0.2, -0.15) is 12.6 Å². The summed E-state index contributed by atoms with van der Waals surface area (Å²) >= 11 is 4.49. The SMILES string of the molecule is CC(C)CC1(S)COC1. The molecule has 0 amide bonds. The van der Waals surface area contributed by atoms with E-state index in [1.54, 1.807) is 0 Å². The van der Waals surface area contributed by atoms with Crippen LogP contribution in [-0.4, -0.2) is 18.0 Å². The van der Waals surface area contributed by atoms with Crippen LogP contribution in [0.1, 0.15) is 20.3 Å². The van der Waals surface area contributed by atoms with Crippen molar-refractivity contribution in [3.63, 3.8) is 0 Å². The Labute approximate surface area is 62.2 Å². The fourth-order valence-corrected chi connectivity index (χ4v) is 1.76. The van der Waals surface area contributed by atoms with Crippen LogP contribution >= 0.6 is 12.6 Å². The first kappa shape index (κ1) is 7.42. The first-order valence-corrected chi connectivity index (χ1v) is 3.87. The molecule has 1 aliphatic rings. The van der Waals surface area contributed by atoms with Crippen molar-refractivity contribution >= 4 is 12.6 Å². The molecule has 1 rings (SSSR count). The van der Waals surface area contributed by atoms with Crippen molar-refractivity contribution in [3.05, 3.63) is 0 Å². The zero-order valence-corrected chi connectivity index (χ0v) is 6.95. The Morgan fingerprint density at radius 1 is 1.56 bits per heavy atom. The van der Waals surface area contributed by atoms with Crippen LogP contribution in [0.3, 0.4) is 0 Å². The van der Waals surface area contributed by atoms with Crippen molar-refractivity contribution in [1.82, 2.24) is 0 Å². The van der Waals surface area contributed by atoms with Crippen LogP contribution in [0.15, 0.2) is 0 Å². The largest absolute Gasteiger partial charge is 0.378 e. The maximum atomic E-state index is 5.06. The van der Waals surface area contributed by atoms with Gasteiger partial charge in [0.05, 0.1) is 18.0 Å². The molecule has 54 valence electrons. The van der Waals surface area contributed by atoms with Gasteiger partial charge in [0.25, 0.3) is 0 Å². The van der Waals surface area contributed by atoms with Crippen LogP contribution in [-0.2, 0) is 4.74 Å². The van der Waals surface area contributed by atoms with Crippen molar-refractivity contribution in [1.29, 1.82) is 0 Å². The van der Waals surface area contributed by atoms with E-state index >= 15 is 0 Å². The molecule has 0 N–H and O–H groups in total. The van der Waals surface area contributed by atoms with Gasteiger partial charge in [-0.15, -0.1) is 0 Å². The smallest absolute Gasteiger partial charge is 0.0633 e. The van der Waals surface area contributed by atoms with Crippen LogP contribution in [0.2, 0.25) is 0 Å². The highest BCUT2D eigenvalue weighted by Gasteiger charge is 2.34. The Kier molecular flexibility index (Phi) is 2.07. The lowest BCUT2D eigenvalue weighted by atomic mass is 9.95. The Balaban J connectivity index is 2.24. The standard InChI is InChI=1S/C7H14OS/c1-6(2)3-7(9)4-8-5-7/h6,9H,3-5H2,1-2H3. The Bertz CT molecular complexity index is 97.1. The van der Waals surface area contributed by atoms with Gasteiger partial charge >= 0.3 is 0 Å². The molecule has 0 atom stereocenters. The molecule has 9 heavy (non-hydrogen) atoms. The third-order valence-corrected chi connectivity index (χ3v) is 1.97. The lowest BCUT2D eigenvalue weighted by Crippen LogP contribution is -2.45. The highest BCUT2D eigenvalue weighted by Crippen LogP contribution is 2.31. The number of ether oxygens (including phenoxy) is 1. The van der Waals surface area contributed by atoms with Crippen molar-refractivity contribution in [3.8, 4) is 0 Å². The van der Waals surface area contributed by atoms with Crippen LogP contribution in [0.25, 0.3) is 0 Å². The van der Waals surface area contributed by atoms with E-state index in [2.05, 4.69) is 26.5 Å². The minimum absolute atomic E-state index is 0.216. The fourth-order valence-electron chi connectivity index (χ4n) is 1.22. The van der Waals surface area contributed by atoms with E-state index < -0.39 is 0 Å². The average molecular weight is 146 g/mol. The lowest BCUT2D eigenvalue weighted by molar-refractivity contribution is -0.0160. The van der Waals surface area contributed by atoms with Crippen LogP contribution in [0.5, 0.6) is 0 Å². The van der Waals surface area contributed by atoms with Gasteiger partial charge in [0.2, 0.25) is 0 Å². The minimum Gasteiger partial charge on any atom is -0.378 e. The molecule has 0 unspecified atom stereocenters. The second kappa shape index (κ2) is 2.51. The molecule has 0 aliphatic carbocycles. The van der Waals surface area contributed by atoms with Gasteiger partial charge < -0.3 is 4.74 Å². The Hall–Kier alpha value is 0.310. The summed E-state index contributed by atoms with van der Waals surface area (Å²) in [7, 11) is 0. The van der Waals surface area contributed by atoms with Gasteiger partial charge in [-0.3, -0.25) is 0 Å². The van der Waals surface area contributed by atoms with Gasteiger partial charge in [-0.1, -0.05) is 13.8 Å². The summed E-state index contributed by atoms with van der Waals surface area (Å²) < 4.78 is 5.28. The molecule has 0 bridgehead atoms. The van der Waals surface area contributed by atoms with Crippen LogP contribution in [0, 0.1) is 5.92 Å². The highest BCUT2D eigenvalue weighted by molar-refractivity contribution is 7.82. The summed E-state index contributed by atoms with van der Waals surface area (Å²) in [4.78, 5) is 0. The maximum Gasteiger partial charge on any atom is 0.0633 e. The Morgan fingerprint density at radius 2 is 2.11 bits per heavy atom. The van der Waals surface area contributed by atoms with Gasteiger partial charge in [-0.25, -0.2) is 0 Å². The van der Waals surface area contributed by atoms with Crippen molar-refractivity contribution in [2.24, 2.45) is 5.92 Å². The number of hydrogen-bond donors (Lipinski definition) is 1. The summed E-state index contributed by atoms with van der Waals surface area (Å²) in [6, 6.07) is 0. The monoisotopic (exact) mass is 146 g/mol. The molecule has 1 aliphatic heterocycles. The van der Waals surface area contributed by atoms with E-state index in [0.29, 0.717) is 0 Å². The van der Waals surface area contributed by atoms with E-state index in [1.807, 2.05) is 0 Å². The second-order valence-corrected chi connectivity index (χ2v) is 4.26. The Morgan fingerprint density at radius 3 is 2.22 bits per heavy atom. The van der Waals surface area contributed by atoms with E-state index in [4.69, 9.17) is 4.74 Å². The second-order valence-electron chi connectivity index (χ2n) is 3.32. The van der Waals surface area contributed by atoms with E-state index in [1.165, 1.54) is 6.42 Å². The summed E-state index contributed by atoms with van der Waals surface area (Å²) in [6.45, 7) is 6.12.